The van der Waals surface area contributed by atoms with Crippen LogP contribution in [0, 0.1) is 0 Å². The van der Waals surface area contributed by atoms with Gasteiger partial charge >= 0.3 is 0 Å². The van der Waals surface area contributed by atoms with Crippen molar-refractivity contribution < 1.29 is 19.1 Å². The van der Waals surface area contributed by atoms with Crippen molar-refractivity contribution in [3.63, 3.8) is 0 Å². The molecule has 0 amide bonds. The Labute approximate surface area is 124 Å². The van der Waals surface area contributed by atoms with Gasteiger partial charge in [0, 0.05) is 18.7 Å². The summed E-state index contributed by atoms with van der Waals surface area (Å²) < 4.78 is 10.3. The van der Waals surface area contributed by atoms with Crippen molar-refractivity contribution in [2.75, 3.05) is 20.1 Å². The molecule has 0 aromatic heterocycles. The zero-order valence-electron chi connectivity index (χ0n) is 11.8. The Morgan fingerprint density at radius 1 is 1.05 bits per heavy atom. The third-order valence-electron chi connectivity index (χ3n) is 2.91. The first kappa shape index (κ1) is 16.5. The number of carbonyl (C=O) groups excluding carboxylic acids is 2. The molecule has 0 bridgehead atoms. The van der Waals surface area contributed by atoms with Crippen LogP contribution in [-0.2, 0) is 16.0 Å². The fourth-order valence-electron chi connectivity index (χ4n) is 1.79. The monoisotopic (exact) mass is 298 g/mol. The van der Waals surface area contributed by atoms with Gasteiger partial charge in [0.15, 0.2) is 17.3 Å². The summed E-state index contributed by atoms with van der Waals surface area (Å²) in [4.78, 5) is 23.5. The summed E-state index contributed by atoms with van der Waals surface area (Å²) in [7, 11) is 3.07. The van der Waals surface area contributed by atoms with Crippen LogP contribution in [0.1, 0.15) is 24.8 Å². The maximum Gasteiger partial charge on any atom is 0.202 e. The van der Waals surface area contributed by atoms with Gasteiger partial charge in [-0.15, -0.1) is 11.6 Å². The lowest BCUT2D eigenvalue weighted by Crippen LogP contribution is -2.16. The summed E-state index contributed by atoms with van der Waals surface area (Å²) in [6.45, 7) is 0. The van der Waals surface area contributed by atoms with E-state index in [1.54, 1.807) is 25.3 Å². The van der Waals surface area contributed by atoms with Crippen LogP contribution >= 0.6 is 11.6 Å². The van der Waals surface area contributed by atoms with Gasteiger partial charge in [-0.2, -0.15) is 0 Å². The highest BCUT2D eigenvalue weighted by atomic mass is 35.5. The molecule has 20 heavy (non-hydrogen) atoms. The minimum absolute atomic E-state index is 0.0834. The first-order chi connectivity index (χ1) is 9.62. The Hall–Kier alpha value is -1.55. The van der Waals surface area contributed by atoms with E-state index in [2.05, 4.69) is 0 Å². The molecule has 1 aromatic rings. The maximum atomic E-state index is 11.8. The van der Waals surface area contributed by atoms with Crippen LogP contribution in [0.2, 0.25) is 0 Å². The number of Topliss-reactive ketones (excluding diaryl/α,β-unsaturated/α-hetero) is 2. The fourth-order valence-corrected chi connectivity index (χ4v) is 1.98. The van der Waals surface area contributed by atoms with Crippen molar-refractivity contribution in [1.29, 1.82) is 0 Å². The number of alkyl halides is 1. The molecule has 0 unspecified atom stereocenters. The Morgan fingerprint density at radius 3 is 2.35 bits per heavy atom. The van der Waals surface area contributed by atoms with E-state index in [1.165, 1.54) is 7.11 Å². The molecule has 0 saturated heterocycles. The molecule has 0 radical (unpaired) electrons. The van der Waals surface area contributed by atoms with Gasteiger partial charge in [-0.25, -0.2) is 0 Å². The van der Waals surface area contributed by atoms with Crippen LogP contribution in [0.4, 0.5) is 0 Å². The van der Waals surface area contributed by atoms with E-state index in [-0.39, 0.29) is 24.4 Å². The quantitative estimate of drug-likeness (QED) is 0.400. The standard InChI is InChI=1S/C15H19ClO4/c1-19-14-7-6-11(10-15(14)20-2)9-13(18)12(17)5-3-4-8-16/h6-7,10H,3-5,8-9H2,1-2H3. The van der Waals surface area contributed by atoms with Crippen molar-refractivity contribution in [2.45, 2.75) is 25.7 Å². The van der Waals surface area contributed by atoms with Gasteiger partial charge < -0.3 is 9.47 Å². The third kappa shape index (κ3) is 4.85. The Kier molecular flexibility index (Phi) is 7.09. The van der Waals surface area contributed by atoms with E-state index in [0.717, 1.165) is 12.0 Å². The van der Waals surface area contributed by atoms with E-state index >= 15 is 0 Å². The van der Waals surface area contributed by atoms with Crippen molar-refractivity contribution in [1.82, 2.24) is 0 Å². The zero-order valence-corrected chi connectivity index (χ0v) is 12.5. The number of hydrogen-bond acceptors (Lipinski definition) is 4. The summed E-state index contributed by atoms with van der Waals surface area (Å²) in [5.41, 5.74) is 0.735. The number of unbranched alkanes of at least 4 members (excludes halogenated alkanes) is 1. The molecular formula is C15H19ClO4. The average Bonchev–Trinajstić information content (AvgIpc) is 2.47. The number of ether oxygens (including phenoxy) is 2. The molecule has 0 fully saturated rings. The Balaban J connectivity index is 2.63. The second-order valence-corrected chi connectivity index (χ2v) is 4.74. The van der Waals surface area contributed by atoms with Crippen LogP contribution in [0.3, 0.4) is 0 Å². The van der Waals surface area contributed by atoms with Crippen molar-refractivity contribution in [3.05, 3.63) is 23.8 Å². The first-order valence-corrected chi connectivity index (χ1v) is 6.98. The number of ketones is 2. The van der Waals surface area contributed by atoms with E-state index < -0.39 is 0 Å². The van der Waals surface area contributed by atoms with Gasteiger partial charge in [0.25, 0.3) is 0 Å². The SMILES string of the molecule is COc1ccc(CC(=O)C(=O)CCCCCl)cc1OC. The van der Waals surface area contributed by atoms with Gasteiger partial charge in [-0.1, -0.05) is 6.07 Å². The molecule has 0 aliphatic carbocycles. The molecule has 0 N–H and O–H groups in total. The molecule has 110 valence electrons. The lowest BCUT2D eigenvalue weighted by molar-refractivity contribution is -0.136. The predicted octanol–water partition coefficient (Wildman–Crippen LogP) is 2.79. The van der Waals surface area contributed by atoms with E-state index in [1.807, 2.05) is 0 Å². The van der Waals surface area contributed by atoms with Gasteiger partial charge in [0.2, 0.25) is 5.78 Å². The fraction of sp³-hybridized carbons (Fsp3) is 0.467. The summed E-state index contributed by atoms with van der Waals surface area (Å²) in [6.07, 6.45) is 1.75. The first-order valence-electron chi connectivity index (χ1n) is 6.45. The molecular weight excluding hydrogens is 280 g/mol. The average molecular weight is 299 g/mol. The second kappa shape index (κ2) is 8.59. The number of methoxy groups -OCH3 is 2. The number of halogens is 1. The Bertz CT molecular complexity index is 471. The van der Waals surface area contributed by atoms with Crippen molar-refractivity contribution in [2.24, 2.45) is 0 Å². The summed E-state index contributed by atoms with van der Waals surface area (Å²) >= 11 is 5.53. The molecule has 0 aliphatic heterocycles. The lowest BCUT2D eigenvalue weighted by atomic mass is 10.0. The topological polar surface area (TPSA) is 52.6 Å². The van der Waals surface area contributed by atoms with Gasteiger partial charge in [0.1, 0.15) is 0 Å². The van der Waals surface area contributed by atoms with E-state index in [4.69, 9.17) is 21.1 Å². The largest absolute Gasteiger partial charge is 0.493 e. The zero-order chi connectivity index (χ0) is 15.0. The molecule has 1 aromatic carbocycles. The number of rotatable bonds is 9. The third-order valence-corrected chi connectivity index (χ3v) is 3.18. The predicted molar refractivity (Wildman–Crippen MR) is 77.8 cm³/mol. The van der Waals surface area contributed by atoms with Gasteiger partial charge in [-0.05, 0) is 30.5 Å². The maximum absolute atomic E-state index is 11.8. The molecule has 1 rings (SSSR count). The van der Waals surface area contributed by atoms with Crippen LogP contribution < -0.4 is 9.47 Å². The summed E-state index contributed by atoms with van der Waals surface area (Å²) in [6, 6.07) is 5.19. The minimum atomic E-state index is -0.383. The normalized spacial score (nSPS) is 10.2. The highest BCUT2D eigenvalue weighted by molar-refractivity contribution is 6.37. The highest BCUT2D eigenvalue weighted by Gasteiger charge is 2.15. The van der Waals surface area contributed by atoms with Crippen LogP contribution in [0.15, 0.2) is 18.2 Å². The number of benzene rings is 1. The van der Waals surface area contributed by atoms with Crippen LogP contribution in [0.25, 0.3) is 0 Å². The lowest BCUT2D eigenvalue weighted by Gasteiger charge is -2.09. The van der Waals surface area contributed by atoms with E-state index in [9.17, 15) is 9.59 Å². The molecule has 0 atom stereocenters. The van der Waals surface area contributed by atoms with Crippen molar-refractivity contribution in [3.8, 4) is 11.5 Å². The minimum Gasteiger partial charge on any atom is -0.493 e. The van der Waals surface area contributed by atoms with E-state index in [0.29, 0.717) is 23.8 Å². The molecule has 0 saturated carbocycles. The van der Waals surface area contributed by atoms with Crippen LogP contribution in [-0.4, -0.2) is 31.7 Å². The number of carbonyl (C=O) groups is 2. The smallest absolute Gasteiger partial charge is 0.202 e. The van der Waals surface area contributed by atoms with Gasteiger partial charge in [-0.3, -0.25) is 9.59 Å². The molecule has 0 spiro atoms. The Morgan fingerprint density at radius 2 is 1.75 bits per heavy atom. The van der Waals surface area contributed by atoms with Crippen LogP contribution in [0.5, 0.6) is 11.5 Å². The summed E-state index contributed by atoms with van der Waals surface area (Å²) in [5, 5.41) is 0. The highest BCUT2D eigenvalue weighted by Crippen LogP contribution is 2.27. The van der Waals surface area contributed by atoms with Gasteiger partial charge in [0.05, 0.1) is 14.2 Å². The second-order valence-electron chi connectivity index (χ2n) is 4.36. The van der Waals surface area contributed by atoms with Crippen molar-refractivity contribution >= 4 is 23.2 Å². The molecule has 4 nitrogen and oxygen atoms in total. The molecule has 5 heteroatoms. The molecule has 0 aliphatic rings. The summed E-state index contributed by atoms with van der Waals surface area (Å²) in [5.74, 6) is 0.929. The molecule has 0 heterocycles. The number of hydrogen-bond donors (Lipinski definition) is 0.